The number of nitrogens with one attached hydrogen (secondary N) is 1. The molecule has 1 aliphatic rings. The molecule has 0 aliphatic carbocycles. The van der Waals surface area contributed by atoms with Gasteiger partial charge in [-0.2, -0.15) is 13.2 Å². The number of hydrogen-bond donors (Lipinski definition) is 1. The first kappa shape index (κ1) is 18.0. The Morgan fingerprint density at radius 1 is 1.04 bits per heavy atom. The predicted molar refractivity (Wildman–Crippen MR) is 97.0 cm³/mol. The van der Waals surface area contributed by atoms with Gasteiger partial charge in [0.2, 0.25) is 5.91 Å². The largest absolute Gasteiger partial charge is 0.416 e. The highest BCUT2D eigenvalue weighted by molar-refractivity contribution is 6.04. The molecule has 0 spiro atoms. The van der Waals surface area contributed by atoms with Gasteiger partial charge >= 0.3 is 6.18 Å². The molecule has 0 unspecified atom stereocenters. The van der Waals surface area contributed by atoms with E-state index in [9.17, 15) is 18.0 Å². The molecule has 1 N–H and O–H groups in total. The van der Waals surface area contributed by atoms with Crippen molar-refractivity contribution < 1.29 is 18.0 Å². The van der Waals surface area contributed by atoms with Gasteiger partial charge < -0.3 is 10.2 Å². The van der Waals surface area contributed by atoms with Crippen molar-refractivity contribution in [3.05, 3.63) is 65.7 Å². The van der Waals surface area contributed by atoms with E-state index in [1.54, 1.807) is 6.08 Å². The summed E-state index contributed by atoms with van der Waals surface area (Å²) in [5.74, 6) is -0.464. The summed E-state index contributed by atoms with van der Waals surface area (Å²) in [5.41, 5.74) is 0.871. The van der Waals surface area contributed by atoms with Gasteiger partial charge in [-0.25, -0.2) is 0 Å². The maximum absolute atomic E-state index is 13.0. The van der Waals surface area contributed by atoms with Crippen LogP contribution >= 0.6 is 0 Å². The van der Waals surface area contributed by atoms with Crippen LogP contribution in [0.4, 0.5) is 24.5 Å². The minimum atomic E-state index is -4.46. The number of carbonyl (C=O) groups excluding carboxylic acids is 1. The summed E-state index contributed by atoms with van der Waals surface area (Å²) in [6.07, 6.45) is 0.468. The number of halogens is 3. The fraction of sp³-hybridized carbons (Fsp3) is 0.250. The topological polar surface area (TPSA) is 32.3 Å². The van der Waals surface area contributed by atoms with E-state index in [4.69, 9.17) is 0 Å². The van der Waals surface area contributed by atoms with Gasteiger partial charge in [0.05, 0.1) is 16.9 Å². The minimum absolute atomic E-state index is 0.185. The van der Waals surface area contributed by atoms with Crippen LogP contribution in [-0.4, -0.2) is 19.0 Å². The Morgan fingerprint density at radius 2 is 1.73 bits per heavy atom. The van der Waals surface area contributed by atoms with Crippen LogP contribution in [0.25, 0.3) is 6.08 Å². The fourth-order valence-electron chi connectivity index (χ4n) is 2.96. The lowest BCUT2D eigenvalue weighted by Gasteiger charge is -2.22. The van der Waals surface area contributed by atoms with E-state index < -0.39 is 17.6 Å². The molecule has 1 heterocycles. The fourth-order valence-corrected chi connectivity index (χ4v) is 2.96. The molecule has 1 amide bonds. The average Bonchev–Trinajstić information content (AvgIpc) is 3.14. The molecule has 1 aliphatic heterocycles. The highest BCUT2D eigenvalue weighted by Gasteiger charge is 2.31. The number of anilines is 2. The normalized spacial score (nSPS) is 14.8. The summed E-state index contributed by atoms with van der Waals surface area (Å²) < 4.78 is 39.1. The van der Waals surface area contributed by atoms with Crippen molar-refractivity contribution in [2.75, 3.05) is 23.3 Å². The van der Waals surface area contributed by atoms with Crippen LogP contribution in [0.5, 0.6) is 0 Å². The summed E-state index contributed by atoms with van der Waals surface area (Å²) in [4.78, 5) is 14.2. The maximum Gasteiger partial charge on any atom is 0.416 e. The molecule has 0 radical (unpaired) electrons. The lowest BCUT2D eigenvalue weighted by Crippen LogP contribution is -2.21. The van der Waals surface area contributed by atoms with E-state index in [1.165, 1.54) is 12.1 Å². The molecule has 0 aromatic heterocycles. The summed E-state index contributed by atoms with van der Waals surface area (Å²) in [6.45, 7) is 1.54. The van der Waals surface area contributed by atoms with Crippen LogP contribution in [0.3, 0.4) is 0 Å². The Bertz CT molecular complexity index is 794. The number of benzene rings is 2. The molecule has 1 fully saturated rings. The van der Waals surface area contributed by atoms with Crippen molar-refractivity contribution in [1.29, 1.82) is 0 Å². The van der Waals surface area contributed by atoms with Crippen molar-refractivity contribution in [2.24, 2.45) is 0 Å². The van der Waals surface area contributed by atoms with Gasteiger partial charge in [0.15, 0.2) is 0 Å². The lowest BCUT2D eigenvalue weighted by atomic mass is 10.1. The van der Waals surface area contributed by atoms with Crippen LogP contribution in [0.2, 0.25) is 0 Å². The molecule has 1 saturated heterocycles. The van der Waals surface area contributed by atoms with E-state index in [0.717, 1.165) is 43.6 Å². The van der Waals surface area contributed by atoms with Crippen molar-refractivity contribution >= 4 is 23.4 Å². The number of amides is 1. The number of hydrogen-bond acceptors (Lipinski definition) is 2. The van der Waals surface area contributed by atoms with Gasteiger partial charge in [-0.3, -0.25) is 4.79 Å². The van der Waals surface area contributed by atoms with Gasteiger partial charge in [0.1, 0.15) is 0 Å². The number of nitrogens with zero attached hydrogens (tertiary/aromatic N) is 1. The van der Waals surface area contributed by atoms with Crippen LogP contribution in [0.1, 0.15) is 24.0 Å². The molecular weight excluding hydrogens is 341 g/mol. The first-order valence-electron chi connectivity index (χ1n) is 8.44. The summed E-state index contributed by atoms with van der Waals surface area (Å²) in [7, 11) is 0. The Morgan fingerprint density at radius 3 is 2.38 bits per heavy atom. The van der Waals surface area contributed by atoms with E-state index in [1.807, 2.05) is 35.2 Å². The summed E-state index contributed by atoms with van der Waals surface area (Å²) in [6, 6.07) is 12.7. The first-order valence-corrected chi connectivity index (χ1v) is 8.44. The zero-order valence-electron chi connectivity index (χ0n) is 14.1. The number of carbonyl (C=O) groups is 1. The zero-order valence-corrected chi connectivity index (χ0v) is 14.1. The van der Waals surface area contributed by atoms with Crippen LogP contribution in [0.15, 0.2) is 54.6 Å². The molecular formula is C20H19F3N2O. The van der Waals surface area contributed by atoms with E-state index in [2.05, 4.69) is 5.32 Å². The molecule has 0 bridgehead atoms. The molecule has 2 aromatic carbocycles. The number of rotatable bonds is 4. The highest BCUT2D eigenvalue weighted by Crippen LogP contribution is 2.36. The second kappa shape index (κ2) is 7.64. The Kier molecular flexibility index (Phi) is 5.30. The molecule has 3 nitrogen and oxygen atoms in total. The van der Waals surface area contributed by atoms with Crippen LogP contribution < -0.4 is 10.2 Å². The smallest absolute Gasteiger partial charge is 0.370 e. The van der Waals surface area contributed by atoms with Crippen molar-refractivity contribution in [1.82, 2.24) is 0 Å². The lowest BCUT2D eigenvalue weighted by molar-refractivity contribution is -0.137. The predicted octanol–water partition coefficient (Wildman–Crippen LogP) is 4.96. The molecule has 6 heteroatoms. The van der Waals surface area contributed by atoms with Crippen molar-refractivity contribution in [3.8, 4) is 0 Å². The quantitative estimate of drug-likeness (QED) is 0.782. The standard InChI is InChI=1S/C20H19F3N2O/c21-20(22,23)16-9-10-18(25-12-4-5-13-25)17(14-16)24-19(26)11-8-15-6-2-1-3-7-15/h1-3,6-11,14H,4-5,12-13H2,(H,24,26). The highest BCUT2D eigenvalue weighted by atomic mass is 19.4. The van der Waals surface area contributed by atoms with E-state index >= 15 is 0 Å². The monoisotopic (exact) mass is 360 g/mol. The first-order chi connectivity index (χ1) is 12.4. The molecule has 26 heavy (non-hydrogen) atoms. The molecule has 136 valence electrons. The van der Waals surface area contributed by atoms with Crippen LogP contribution in [0, 0.1) is 0 Å². The molecule has 2 aromatic rings. The third kappa shape index (κ3) is 4.45. The average molecular weight is 360 g/mol. The minimum Gasteiger partial charge on any atom is -0.370 e. The summed E-state index contributed by atoms with van der Waals surface area (Å²) >= 11 is 0. The van der Waals surface area contributed by atoms with Gasteiger partial charge in [-0.1, -0.05) is 30.3 Å². The third-order valence-electron chi connectivity index (χ3n) is 4.26. The third-order valence-corrected chi connectivity index (χ3v) is 4.26. The Hall–Kier alpha value is -2.76. The zero-order chi connectivity index (χ0) is 18.6. The second-order valence-corrected chi connectivity index (χ2v) is 6.16. The van der Waals surface area contributed by atoms with Crippen LogP contribution in [-0.2, 0) is 11.0 Å². The Labute approximate surface area is 150 Å². The maximum atomic E-state index is 13.0. The van der Waals surface area contributed by atoms with Crippen molar-refractivity contribution in [3.63, 3.8) is 0 Å². The Balaban J connectivity index is 1.83. The van der Waals surface area contributed by atoms with Crippen molar-refractivity contribution in [2.45, 2.75) is 19.0 Å². The van der Waals surface area contributed by atoms with Gasteiger partial charge in [0.25, 0.3) is 0 Å². The van der Waals surface area contributed by atoms with Gasteiger partial charge in [-0.15, -0.1) is 0 Å². The second-order valence-electron chi connectivity index (χ2n) is 6.16. The van der Waals surface area contributed by atoms with Gasteiger partial charge in [-0.05, 0) is 42.7 Å². The van der Waals surface area contributed by atoms with E-state index in [0.29, 0.717) is 5.69 Å². The molecule has 3 rings (SSSR count). The molecule has 0 saturated carbocycles. The summed E-state index contributed by atoms with van der Waals surface area (Å²) in [5, 5.41) is 2.60. The van der Waals surface area contributed by atoms with E-state index in [-0.39, 0.29) is 5.69 Å². The SMILES string of the molecule is O=C(C=Cc1ccccc1)Nc1cc(C(F)(F)F)ccc1N1CCCC1. The molecule has 0 atom stereocenters. The van der Waals surface area contributed by atoms with Gasteiger partial charge in [0, 0.05) is 19.2 Å². The number of alkyl halides is 3.